The van der Waals surface area contributed by atoms with Crippen LogP contribution in [0.4, 0.5) is 4.39 Å². The molecule has 0 spiro atoms. The fourth-order valence-corrected chi connectivity index (χ4v) is 3.47. The summed E-state index contributed by atoms with van der Waals surface area (Å²) in [6.45, 7) is 0. The van der Waals surface area contributed by atoms with Gasteiger partial charge >= 0.3 is 0 Å². The van der Waals surface area contributed by atoms with Gasteiger partial charge in [-0.15, -0.1) is 11.8 Å². The second-order valence-corrected chi connectivity index (χ2v) is 7.18. The first kappa shape index (κ1) is 16.3. The topological polar surface area (TPSA) is 29.1 Å². The zero-order chi connectivity index (χ0) is 16.2. The van der Waals surface area contributed by atoms with Gasteiger partial charge < -0.3 is 5.32 Å². The van der Waals surface area contributed by atoms with Gasteiger partial charge in [-0.2, -0.15) is 0 Å². The second kappa shape index (κ2) is 7.37. The van der Waals surface area contributed by atoms with E-state index in [1.165, 1.54) is 23.9 Å². The highest BCUT2D eigenvalue weighted by molar-refractivity contribution is 7.99. The van der Waals surface area contributed by atoms with E-state index in [0.29, 0.717) is 16.8 Å². The Morgan fingerprint density at radius 2 is 1.83 bits per heavy atom. The predicted octanol–water partition coefficient (Wildman–Crippen LogP) is 4.73. The molecule has 0 aromatic heterocycles. The molecule has 120 valence electrons. The maximum atomic E-state index is 13.1. The Morgan fingerprint density at radius 1 is 1.17 bits per heavy atom. The number of nitrogens with one attached hydrogen (secondary N) is 1. The van der Waals surface area contributed by atoms with E-state index < -0.39 is 0 Å². The predicted molar refractivity (Wildman–Crippen MR) is 93.1 cm³/mol. The number of benzene rings is 2. The molecule has 3 rings (SSSR count). The molecular weight excluding hydrogens is 333 g/mol. The Balaban J connectivity index is 1.72. The van der Waals surface area contributed by atoms with Crippen LogP contribution in [0.1, 0.15) is 29.2 Å². The fraction of sp³-hybridized carbons (Fsp3) is 0.278. The van der Waals surface area contributed by atoms with Crippen LogP contribution < -0.4 is 5.32 Å². The molecule has 0 aliphatic heterocycles. The summed E-state index contributed by atoms with van der Waals surface area (Å²) in [5.41, 5.74) is 1.93. The lowest BCUT2D eigenvalue weighted by atomic mass is 10.1. The van der Waals surface area contributed by atoms with Gasteiger partial charge in [0, 0.05) is 16.8 Å². The maximum absolute atomic E-state index is 13.1. The van der Waals surface area contributed by atoms with Crippen molar-refractivity contribution in [2.75, 3.05) is 0 Å². The van der Waals surface area contributed by atoms with Crippen LogP contribution in [-0.2, 0) is 10.5 Å². The van der Waals surface area contributed by atoms with Gasteiger partial charge in [-0.3, -0.25) is 4.79 Å². The van der Waals surface area contributed by atoms with E-state index in [0.717, 1.165) is 24.0 Å². The monoisotopic (exact) mass is 349 g/mol. The van der Waals surface area contributed by atoms with Crippen LogP contribution in [0.25, 0.3) is 0 Å². The summed E-state index contributed by atoms with van der Waals surface area (Å²) in [5, 5.41) is 3.39. The highest BCUT2D eigenvalue weighted by Crippen LogP contribution is 2.33. The standard InChI is InChI=1S/C18H17ClFNOS/c19-14-5-1-12(2-6-14)11-23-17(18(22)21-16-9-10-16)13-3-7-15(20)8-4-13/h1-8,16-17H,9-11H2,(H,21,22). The Hall–Kier alpha value is -1.52. The first-order valence-corrected chi connectivity index (χ1v) is 8.96. The molecule has 5 heteroatoms. The molecule has 2 aromatic carbocycles. The summed E-state index contributed by atoms with van der Waals surface area (Å²) >= 11 is 7.43. The number of amides is 1. The van der Waals surface area contributed by atoms with Crippen molar-refractivity contribution in [3.63, 3.8) is 0 Å². The summed E-state index contributed by atoms with van der Waals surface area (Å²) < 4.78 is 13.1. The average molecular weight is 350 g/mol. The van der Waals surface area contributed by atoms with Crippen molar-refractivity contribution in [3.05, 3.63) is 70.5 Å². The van der Waals surface area contributed by atoms with Crippen molar-refractivity contribution in [2.24, 2.45) is 0 Å². The third-order valence-corrected chi connectivity index (χ3v) is 5.24. The molecule has 1 N–H and O–H groups in total. The van der Waals surface area contributed by atoms with E-state index in [1.807, 2.05) is 24.3 Å². The number of halogens is 2. The Labute approximate surface area is 144 Å². The molecule has 0 saturated heterocycles. The molecule has 2 nitrogen and oxygen atoms in total. The normalized spacial score (nSPS) is 15.2. The van der Waals surface area contributed by atoms with Gasteiger partial charge in [-0.05, 0) is 48.2 Å². The molecule has 0 heterocycles. The summed E-state index contributed by atoms with van der Waals surface area (Å²) in [5.74, 6) is 0.396. The lowest BCUT2D eigenvalue weighted by Crippen LogP contribution is -2.29. The van der Waals surface area contributed by atoms with Crippen molar-refractivity contribution >= 4 is 29.3 Å². The summed E-state index contributed by atoms with van der Waals surface area (Å²) in [4.78, 5) is 12.5. The number of carbonyl (C=O) groups is 1. The number of thioether (sulfide) groups is 1. The lowest BCUT2D eigenvalue weighted by molar-refractivity contribution is -0.120. The summed E-state index contributed by atoms with van der Waals surface area (Å²) in [6, 6.07) is 14.1. The van der Waals surface area contributed by atoms with Crippen LogP contribution in [-0.4, -0.2) is 11.9 Å². The molecular formula is C18H17ClFNOS. The highest BCUT2D eigenvalue weighted by atomic mass is 35.5. The molecule has 0 radical (unpaired) electrons. The first-order valence-electron chi connectivity index (χ1n) is 7.54. The molecule has 1 unspecified atom stereocenters. The number of hydrogen-bond acceptors (Lipinski definition) is 2. The minimum atomic E-state index is -0.341. The Bertz CT molecular complexity index is 670. The van der Waals surface area contributed by atoms with Crippen LogP contribution in [0.3, 0.4) is 0 Å². The molecule has 1 aliphatic rings. The van der Waals surface area contributed by atoms with E-state index >= 15 is 0 Å². The van der Waals surface area contributed by atoms with Gasteiger partial charge in [-0.25, -0.2) is 4.39 Å². The smallest absolute Gasteiger partial charge is 0.237 e. The molecule has 0 bridgehead atoms. The van der Waals surface area contributed by atoms with Crippen LogP contribution in [0, 0.1) is 5.82 Å². The molecule has 1 atom stereocenters. The third-order valence-electron chi connectivity index (χ3n) is 3.66. The molecule has 1 saturated carbocycles. The van der Waals surface area contributed by atoms with Crippen molar-refractivity contribution < 1.29 is 9.18 Å². The van der Waals surface area contributed by atoms with Gasteiger partial charge in [0.25, 0.3) is 0 Å². The fourth-order valence-electron chi connectivity index (χ4n) is 2.23. The van der Waals surface area contributed by atoms with E-state index in [9.17, 15) is 9.18 Å². The quantitative estimate of drug-likeness (QED) is 0.816. The maximum Gasteiger partial charge on any atom is 0.237 e. The molecule has 2 aromatic rings. The molecule has 23 heavy (non-hydrogen) atoms. The van der Waals surface area contributed by atoms with Crippen LogP contribution in [0.5, 0.6) is 0 Å². The van der Waals surface area contributed by atoms with E-state index in [-0.39, 0.29) is 17.0 Å². The number of rotatable bonds is 6. The summed E-state index contributed by atoms with van der Waals surface area (Å²) in [7, 11) is 0. The van der Waals surface area contributed by atoms with Gasteiger partial charge in [-0.1, -0.05) is 35.9 Å². The molecule has 1 fully saturated rings. The van der Waals surface area contributed by atoms with Crippen LogP contribution >= 0.6 is 23.4 Å². The zero-order valence-corrected chi connectivity index (χ0v) is 14.0. The zero-order valence-electron chi connectivity index (χ0n) is 12.5. The van der Waals surface area contributed by atoms with Crippen LogP contribution in [0.2, 0.25) is 5.02 Å². The number of carbonyl (C=O) groups excluding carboxylic acids is 1. The third kappa shape index (κ3) is 4.72. The Kier molecular flexibility index (Phi) is 5.23. The van der Waals surface area contributed by atoms with E-state index in [1.54, 1.807) is 12.1 Å². The highest BCUT2D eigenvalue weighted by Gasteiger charge is 2.28. The van der Waals surface area contributed by atoms with Gasteiger partial charge in [0.05, 0.1) is 0 Å². The molecule has 1 aliphatic carbocycles. The SMILES string of the molecule is O=C(NC1CC1)C(SCc1ccc(Cl)cc1)c1ccc(F)cc1. The van der Waals surface area contributed by atoms with E-state index in [2.05, 4.69) is 5.32 Å². The lowest BCUT2D eigenvalue weighted by Gasteiger charge is -2.17. The minimum absolute atomic E-state index is 0.00179. The second-order valence-electron chi connectivity index (χ2n) is 5.65. The first-order chi connectivity index (χ1) is 11.1. The molecule has 1 amide bonds. The van der Waals surface area contributed by atoms with Gasteiger partial charge in [0.15, 0.2) is 0 Å². The van der Waals surface area contributed by atoms with Crippen molar-refractivity contribution in [2.45, 2.75) is 29.9 Å². The van der Waals surface area contributed by atoms with Gasteiger partial charge in [0.1, 0.15) is 11.1 Å². The van der Waals surface area contributed by atoms with Crippen molar-refractivity contribution in [1.82, 2.24) is 5.32 Å². The Morgan fingerprint density at radius 3 is 2.43 bits per heavy atom. The summed E-state index contributed by atoms with van der Waals surface area (Å²) in [6.07, 6.45) is 2.09. The van der Waals surface area contributed by atoms with Crippen LogP contribution in [0.15, 0.2) is 48.5 Å². The average Bonchev–Trinajstić information content (AvgIpc) is 3.35. The minimum Gasteiger partial charge on any atom is -0.352 e. The largest absolute Gasteiger partial charge is 0.352 e. The van der Waals surface area contributed by atoms with Crippen molar-refractivity contribution in [3.8, 4) is 0 Å². The van der Waals surface area contributed by atoms with Gasteiger partial charge in [0.2, 0.25) is 5.91 Å². The number of hydrogen-bond donors (Lipinski definition) is 1. The van der Waals surface area contributed by atoms with E-state index in [4.69, 9.17) is 11.6 Å². The van der Waals surface area contributed by atoms with Crippen molar-refractivity contribution in [1.29, 1.82) is 0 Å².